The fourth-order valence-corrected chi connectivity index (χ4v) is 2.78. The lowest BCUT2D eigenvalue weighted by molar-refractivity contribution is 0.415. The molecule has 3 rings (SSSR count). The number of nitrogens with one attached hydrogen (secondary N) is 1. The molecule has 0 saturated heterocycles. The monoisotopic (exact) mass is 296 g/mol. The van der Waals surface area contributed by atoms with Crippen LogP contribution in [-0.2, 0) is 0 Å². The maximum atomic E-state index is 8.84. The fraction of sp³-hybridized carbons (Fsp3) is 0.0667. The van der Waals surface area contributed by atoms with Crippen molar-refractivity contribution in [2.45, 2.75) is 10.1 Å². The molecule has 0 saturated carbocycles. The van der Waals surface area contributed by atoms with Crippen LogP contribution in [0.25, 0.3) is 11.0 Å². The Labute approximate surface area is 125 Å². The van der Waals surface area contributed by atoms with E-state index < -0.39 is 0 Å². The van der Waals surface area contributed by atoms with E-state index in [0.29, 0.717) is 11.3 Å². The molecule has 0 aliphatic carbocycles. The van der Waals surface area contributed by atoms with E-state index in [9.17, 15) is 0 Å². The summed E-state index contributed by atoms with van der Waals surface area (Å²) in [5.41, 5.74) is 8.84. The summed E-state index contributed by atoms with van der Waals surface area (Å²) >= 11 is 1.43. The van der Waals surface area contributed by atoms with Crippen LogP contribution in [0.5, 0.6) is 5.75 Å². The summed E-state index contributed by atoms with van der Waals surface area (Å²) in [6.45, 7) is 0. The van der Waals surface area contributed by atoms with Gasteiger partial charge in [0.1, 0.15) is 5.75 Å². The summed E-state index contributed by atoms with van der Waals surface area (Å²) in [7, 11) is 1.63. The average Bonchev–Trinajstić information content (AvgIpc) is 2.90. The lowest BCUT2D eigenvalue weighted by Gasteiger charge is -2.02. The minimum atomic E-state index is 0.547. The molecule has 1 heterocycles. The molecule has 3 aromatic rings. The third-order valence-corrected chi connectivity index (χ3v) is 3.99. The number of fused-ring (bicyclic) bond motifs is 1. The number of H-pyrrole nitrogens is 1. The predicted octanol–water partition coefficient (Wildman–Crippen LogP) is 3.18. The van der Waals surface area contributed by atoms with E-state index >= 15 is 0 Å². The summed E-state index contributed by atoms with van der Waals surface area (Å²) in [6.07, 6.45) is 0. The van der Waals surface area contributed by atoms with Crippen molar-refractivity contribution in [1.29, 1.82) is 5.26 Å². The minimum Gasteiger partial charge on any atom is -0.497 e. The van der Waals surface area contributed by atoms with Crippen molar-refractivity contribution in [3.8, 4) is 11.8 Å². The number of nitriles is 1. The first kappa shape index (κ1) is 13.3. The summed E-state index contributed by atoms with van der Waals surface area (Å²) < 4.78 is 5.19. The van der Waals surface area contributed by atoms with Crippen LogP contribution in [0.4, 0.5) is 5.69 Å². The number of nitrogens with two attached hydrogens (primary N) is 1. The van der Waals surface area contributed by atoms with Crippen LogP contribution in [0, 0.1) is 11.3 Å². The van der Waals surface area contributed by atoms with E-state index in [1.165, 1.54) is 11.8 Å². The highest BCUT2D eigenvalue weighted by Crippen LogP contribution is 2.32. The molecule has 1 aromatic heterocycles. The summed E-state index contributed by atoms with van der Waals surface area (Å²) in [5.74, 6) is 0.778. The Morgan fingerprint density at radius 2 is 2.14 bits per heavy atom. The second-order valence-electron chi connectivity index (χ2n) is 4.39. The highest BCUT2D eigenvalue weighted by molar-refractivity contribution is 7.99. The normalized spacial score (nSPS) is 10.5. The number of imidazole rings is 1. The number of hydrogen-bond acceptors (Lipinski definition) is 5. The Morgan fingerprint density at radius 1 is 1.29 bits per heavy atom. The van der Waals surface area contributed by atoms with Gasteiger partial charge >= 0.3 is 0 Å². The lowest BCUT2D eigenvalue weighted by Crippen LogP contribution is -1.90. The van der Waals surface area contributed by atoms with Crippen molar-refractivity contribution in [2.24, 2.45) is 0 Å². The van der Waals surface area contributed by atoms with Crippen LogP contribution in [0.3, 0.4) is 0 Å². The first-order valence-electron chi connectivity index (χ1n) is 6.21. The first-order valence-corrected chi connectivity index (χ1v) is 7.02. The smallest absolute Gasteiger partial charge is 0.171 e. The average molecular weight is 296 g/mol. The van der Waals surface area contributed by atoms with Crippen molar-refractivity contribution in [1.82, 2.24) is 9.97 Å². The second kappa shape index (κ2) is 5.38. The topological polar surface area (TPSA) is 87.7 Å². The van der Waals surface area contributed by atoms with Gasteiger partial charge in [-0.15, -0.1) is 0 Å². The summed E-state index contributed by atoms with van der Waals surface area (Å²) in [4.78, 5) is 8.59. The van der Waals surface area contributed by atoms with E-state index in [-0.39, 0.29) is 0 Å². The SMILES string of the molecule is COc1ccc2nc(Sc3ccc(C#N)cc3N)[nH]c2c1. The first-order chi connectivity index (χ1) is 10.2. The van der Waals surface area contributed by atoms with Gasteiger partial charge in [0.25, 0.3) is 0 Å². The largest absolute Gasteiger partial charge is 0.497 e. The molecule has 0 aliphatic heterocycles. The maximum Gasteiger partial charge on any atom is 0.171 e. The number of ether oxygens (including phenoxy) is 1. The highest BCUT2D eigenvalue weighted by Gasteiger charge is 2.08. The van der Waals surface area contributed by atoms with E-state index in [4.69, 9.17) is 15.7 Å². The van der Waals surface area contributed by atoms with Gasteiger partial charge in [-0.05, 0) is 42.1 Å². The van der Waals surface area contributed by atoms with Crippen LogP contribution in [-0.4, -0.2) is 17.1 Å². The quantitative estimate of drug-likeness (QED) is 0.725. The molecule has 6 heteroatoms. The zero-order chi connectivity index (χ0) is 14.8. The Morgan fingerprint density at radius 3 is 2.86 bits per heavy atom. The molecule has 0 fully saturated rings. The van der Waals surface area contributed by atoms with Gasteiger partial charge in [-0.2, -0.15) is 5.26 Å². The Balaban J connectivity index is 1.93. The predicted molar refractivity (Wildman–Crippen MR) is 82.3 cm³/mol. The zero-order valence-corrected chi connectivity index (χ0v) is 12.1. The number of aromatic amines is 1. The van der Waals surface area contributed by atoms with Gasteiger partial charge in [0, 0.05) is 16.6 Å². The number of benzene rings is 2. The fourth-order valence-electron chi connectivity index (χ4n) is 1.96. The van der Waals surface area contributed by atoms with Crippen molar-refractivity contribution in [3.63, 3.8) is 0 Å². The molecule has 0 amide bonds. The van der Waals surface area contributed by atoms with Gasteiger partial charge < -0.3 is 15.5 Å². The van der Waals surface area contributed by atoms with E-state index in [1.54, 1.807) is 19.2 Å². The molecule has 0 atom stereocenters. The molecule has 0 aliphatic rings. The van der Waals surface area contributed by atoms with Crippen LogP contribution >= 0.6 is 11.8 Å². The van der Waals surface area contributed by atoms with Gasteiger partial charge in [-0.3, -0.25) is 0 Å². The lowest BCUT2D eigenvalue weighted by atomic mass is 10.2. The van der Waals surface area contributed by atoms with Crippen LogP contribution in [0.1, 0.15) is 5.56 Å². The third-order valence-electron chi connectivity index (χ3n) is 3.01. The molecule has 5 nitrogen and oxygen atoms in total. The molecular formula is C15H12N4OS. The maximum absolute atomic E-state index is 8.84. The molecule has 104 valence electrons. The van der Waals surface area contributed by atoms with Gasteiger partial charge in [0.15, 0.2) is 5.16 Å². The molecule has 0 spiro atoms. The highest BCUT2D eigenvalue weighted by atomic mass is 32.2. The van der Waals surface area contributed by atoms with E-state index in [1.807, 2.05) is 24.3 Å². The summed E-state index contributed by atoms with van der Waals surface area (Å²) in [6, 6.07) is 13.0. The zero-order valence-electron chi connectivity index (χ0n) is 11.3. The van der Waals surface area contributed by atoms with Crippen molar-refractivity contribution >= 4 is 28.5 Å². The number of anilines is 1. The Bertz CT molecular complexity index is 850. The molecule has 0 unspecified atom stereocenters. The van der Waals surface area contributed by atoms with Gasteiger partial charge in [0.2, 0.25) is 0 Å². The number of nitrogen functional groups attached to an aromatic ring is 1. The number of aromatic nitrogens is 2. The number of hydrogen-bond donors (Lipinski definition) is 2. The number of rotatable bonds is 3. The second-order valence-corrected chi connectivity index (χ2v) is 5.42. The third kappa shape index (κ3) is 2.64. The number of methoxy groups -OCH3 is 1. The summed E-state index contributed by atoms with van der Waals surface area (Å²) in [5, 5.41) is 9.59. The van der Waals surface area contributed by atoms with Crippen molar-refractivity contribution in [2.75, 3.05) is 12.8 Å². The van der Waals surface area contributed by atoms with E-state index in [0.717, 1.165) is 26.8 Å². The van der Waals surface area contributed by atoms with Crippen LogP contribution < -0.4 is 10.5 Å². The Kier molecular flexibility index (Phi) is 3.42. The molecule has 21 heavy (non-hydrogen) atoms. The van der Waals surface area contributed by atoms with Crippen molar-refractivity contribution < 1.29 is 4.74 Å². The van der Waals surface area contributed by atoms with Crippen LogP contribution in [0.15, 0.2) is 46.5 Å². The Hall–Kier alpha value is -2.65. The van der Waals surface area contributed by atoms with Crippen molar-refractivity contribution in [3.05, 3.63) is 42.0 Å². The van der Waals surface area contributed by atoms with Gasteiger partial charge in [-0.1, -0.05) is 0 Å². The molecule has 0 radical (unpaired) electrons. The standard InChI is InChI=1S/C15H12N4OS/c1-20-10-3-4-12-13(7-10)19-15(18-12)21-14-5-2-9(8-16)6-11(14)17/h2-7H,17H2,1H3,(H,18,19). The van der Waals surface area contributed by atoms with Gasteiger partial charge in [0.05, 0.1) is 29.8 Å². The van der Waals surface area contributed by atoms with Gasteiger partial charge in [-0.25, -0.2) is 4.98 Å². The number of nitrogens with zero attached hydrogens (tertiary/aromatic N) is 2. The molecule has 3 N–H and O–H groups in total. The minimum absolute atomic E-state index is 0.547. The molecule has 0 bridgehead atoms. The molecular weight excluding hydrogens is 284 g/mol. The van der Waals surface area contributed by atoms with Crippen LogP contribution in [0.2, 0.25) is 0 Å². The molecule has 2 aromatic carbocycles. The van der Waals surface area contributed by atoms with E-state index in [2.05, 4.69) is 16.0 Å².